The molecule has 0 amide bonds. The first kappa shape index (κ1) is 12.6. The summed E-state index contributed by atoms with van der Waals surface area (Å²) in [4.78, 5) is 11.2. The Labute approximate surface area is 100 Å². The first-order chi connectivity index (χ1) is 7.52. The molecular weight excluding hydrogens is 279 g/mol. The summed E-state index contributed by atoms with van der Waals surface area (Å²) < 4.78 is 18.3. The molecule has 1 aromatic rings. The summed E-state index contributed by atoms with van der Waals surface area (Å²) in [5.74, 6) is -1.55. The maximum Gasteiger partial charge on any atom is 0.356 e. The molecule has 0 radical (unpaired) electrons. The van der Waals surface area contributed by atoms with Crippen LogP contribution in [0.15, 0.2) is 16.6 Å². The monoisotopic (exact) mass is 288 g/mol. The molecule has 1 aromatic carbocycles. The summed E-state index contributed by atoms with van der Waals surface area (Å²) >= 11 is 3.00. The highest BCUT2D eigenvalue weighted by molar-refractivity contribution is 9.10. The number of hydrogen-bond donors (Lipinski definition) is 2. The number of anilines is 1. The van der Waals surface area contributed by atoms with E-state index in [-0.39, 0.29) is 10.0 Å². The minimum Gasteiger partial charge on any atom is -0.464 e. The minimum atomic E-state index is -0.881. The third kappa shape index (κ3) is 2.21. The highest BCUT2D eigenvalue weighted by atomic mass is 79.9. The van der Waals surface area contributed by atoms with E-state index in [0.29, 0.717) is 5.69 Å². The van der Waals surface area contributed by atoms with Crippen molar-refractivity contribution in [3.05, 3.63) is 28.0 Å². The van der Waals surface area contributed by atoms with E-state index in [4.69, 9.17) is 5.41 Å². The maximum absolute atomic E-state index is 13.8. The molecule has 0 spiro atoms. The van der Waals surface area contributed by atoms with Gasteiger partial charge in [0.1, 0.15) is 5.82 Å². The van der Waals surface area contributed by atoms with E-state index in [2.05, 4.69) is 26.0 Å². The van der Waals surface area contributed by atoms with Crippen LogP contribution in [0.1, 0.15) is 5.56 Å². The van der Waals surface area contributed by atoms with Gasteiger partial charge in [0.05, 0.1) is 17.1 Å². The van der Waals surface area contributed by atoms with E-state index in [1.807, 2.05) is 0 Å². The number of esters is 1. The van der Waals surface area contributed by atoms with Crippen LogP contribution in [0.4, 0.5) is 10.1 Å². The zero-order valence-electron chi connectivity index (χ0n) is 8.73. The second-order valence-corrected chi connectivity index (χ2v) is 3.75. The van der Waals surface area contributed by atoms with Crippen molar-refractivity contribution in [2.75, 3.05) is 19.5 Å². The predicted molar refractivity (Wildman–Crippen MR) is 62.5 cm³/mol. The Hall–Kier alpha value is -1.43. The van der Waals surface area contributed by atoms with Crippen molar-refractivity contribution >= 4 is 33.3 Å². The summed E-state index contributed by atoms with van der Waals surface area (Å²) in [5, 5.41) is 10.3. The Balaban J connectivity index is 3.35. The second-order valence-electron chi connectivity index (χ2n) is 2.90. The van der Waals surface area contributed by atoms with Gasteiger partial charge < -0.3 is 10.1 Å². The van der Waals surface area contributed by atoms with Crippen molar-refractivity contribution in [3.8, 4) is 0 Å². The van der Waals surface area contributed by atoms with E-state index in [0.717, 1.165) is 7.11 Å². The molecule has 2 N–H and O–H groups in total. The van der Waals surface area contributed by atoms with Crippen molar-refractivity contribution < 1.29 is 13.9 Å². The maximum atomic E-state index is 13.8. The van der Waals surface area contributed by atoms with E-state index in [9.17, 15) is 9.18 Å². The van der Waals surface area contributed by atoms with Gasteiger partial charge in [-0.05, 0) is 28.1 Å². The highest BCUT2D eigenvalue weighted by Gasteiger charge is 2.21. The topological polar surface area (TPSA) is 62.2 Å². The molecule has 0 saturated carbocycles. The molecule has 0 aliphatic heterocycles. The first-order valence-corrected chi connectivity index (χ1v) is 5.15. The van der Waals surface area contributed by atoms with Gasteiger partial charge in [0.25, 0.3) is 0 Å². The van der Waals surface area contributed by atoms with Crippen LogP contribution in [0.2, 0.25) is 0 Å². The standard InChI is InChI=1S/C10H10BrFN2O2/c1-14-6-4-3-5(11)8(12)7(6)9(13)10(15)16-2/h3-4,13-14H,1-2H3. The Morgan fingerprint density at radius 3 is 2.69 bits per heavy atom. The zero-order valence-corrected chi connectivity index (χ0v) is 10.3. The molecule has 0 atom stereocenters. The average Bonchev–Trinajstić information content (AvgIpc) is 2.30. The lowest BCUT2D eigenvalue weighted by molar-refractivity contribution is -0.132. The molecule has 0 aliphatic carbocycles. The number of nitrogens with one attached hydrogen (secondary N) is 2. The van der Waals surface area contributed by atoms with Crippen LogP contribution in [-0.2, 0) is 9.53 Å². The molecule has 0 bridgehead atoms. The summed E-state index contributed by atoms with van der Waals surface area (Å²) in [7, 11) is 2.72. The van der Waals surface area contributed by atoms with Crippen molar-refractivity contribution in [2.45, 2.75) is 0 Å². The van der Waals surface area contributed by atoms with Crippen molar-refractivity contribution in [3.63, 3.8) is 0 Å². The van der Waals surface area contributed by atoms with Gasteiger partial charge in [0.2, 0.25) is 0 Å². The smallest absolute Gasteiger partial charge is 0.356 e. The number of halogens is 2. The quantitative estimate of drug-likeness (QED) is 0.662. The lowest BCUT2D eigenvalue weighted by atomic mass is 10.1. The number of carbonyl (C=O) groups is 1. The Morgan fingerprint density at radius 2 is 2.19 bits per heavy atom. The van der Waals surface area contributed by atoms with E-state index in [1.54, 1.807) is 13.1 Å². The van der Waals surface area contributed by atoms with Crippen LogP contribution in [-0.4, -0.2) is 25.8 Å². The van der Waals surface area contributed by atoms with Crippen LogP contribution < -0.4 is 5.32 Å². The summed E-state index contributed by atoms with van der Waals surface area (Å²) in [6.07, 6.45) is 0. The molecule has 0 aromatic heterocycles. The van der Waals surface area contributed by atoms with Crippen LogP contribution in [0.3, 0.4) is 0 Å². The van der Waals surface area contributed by atoms with Gasteiger partial charge in [-0.3, -0.25) is 5.41 Å². The molecular formula is C10H10BrFN2O2. The van der Waals surface area contributed by atoms with Gasteiger partial charge in [-0.2, -0.15) is 0 Å². The fraction of sp³-hybridized carbons (Fsp3) is 0.200. The lowest BCUT2D eigenvalue weighted by Gasteiger charge is -2.11. The molecule has 16 heavy (non-hydrogen) atoms. The molecule has 0 fully saturated rings. The van der Waals surface area contributed by atoms with Gasteiger partial charge in [0, 0.05) is 12.7 Å². The van der Waals surface area contributed by atoms with E-state index >= 15 is 0 Å². The molecule has 6 heteroatoms. The van der Waals surface area contributed by atoms with E-state index in [1.165, 1.54) is 6.07 Å². The number of methoxy groups -OCH3 is 1. The van der Waals surface area contributed by atoms with Crippen molar-refractivity contribution in [1.29, 1.82) is 5.41 Å². The third-order valence-electron chi connectivity index (χ3n) is 2.00. The fourth-order valence-corrected chi connectivity index (χ4v) is 1.54. The zero-order chi connectivity index (χ0) is 12.3. The second kappa shape index (κ2) is 5.07. The lowest BCUT2D eigenvalue weighted by Crippen LogP contribution is -2.19. The normalized spacial score (nSPS) is 9.75. The number of benzene rings is 1. The van der Waals surface area contributed by atoms with Crippen LogP contribution in [0, 0.1) is 11.2 Å². The molecule has 86 valence electrons. The number of ether oxygens (including phenoxy) is 1. The van der Waals surface area contributed by atoms with Gasteiger partial charge in [-0.25, -0.2) is 9.18 Å². The predicted octanol–water partition coefficient (Wildman–Crippen LogP) is 2.17. The third-order valence-corrected chi connectivity index (χ3v) is 2.62. The van der Waals surface area contributed by atoms with Crippen LogP contribution >= 0.6 is 15.9 Å². The average molecular weight is 289 g/mol. The highest BCUT2D eigenvalue weighted by Crippen LogP contribution is 2.26. The number of carbonyl (C=O) groups excluding carboxylic acids is 1. The number of rotatable bonds is 3. The summed E-state index contributed by atoms with van der Waals surface area (Å²) in [6, 6.07) is 3.06. The molecule has 4 nitrogen and oxygen atoms in total. The van der Waals surface area contributed by atoms with E-state index < -0.39 is 17.5 Å². The summed E-state index contributed by atoms with van der Waals surface area (Å²) in [5.41, 5.74) is -0.273. The number of hydrogen-bond acceptors (Lipinski definition) is 4. The molecule has 0 heterocycles. The molecule has 0 saturated heterocycles. The SMILES string of the molecule is CNc1ccc(Br)c(F)c1C(=N)C(=O)OC. The largest absolute Gasteiger partial charge is 0.464 e. The molecule has 0 aliphatic rings. The van der Waals surface area contributed by atoms with Gasteiger partial charge in [-0.1, -0.05) is 0 Å². The van der Waals surface area contributed by atoms with Gasteiger partial charge >= 0.3 is 5.97 Å². The fourth-order valence-electron chi connectivity index (χ4n) is 1.21. The minimum absolute atomic E-state index is 0.108. The molecule has 0 unspecified atom stereocenters. The molecule has 1 rings (SSSR count). The Bertz CT molecular complexity index is 449. The van der Waals surface area contributed by atoms with Crippen LogP contribution in [0.25, 0.3) is 0 Å². The Morgan fingerprint density at radius 1 is 1.56 bits per heavy atom. The van der Waals surface area contributed by atoms with Crippen LogP contribution in [0.5, 0.6) is 0 Å². The van der Waals surface area contributed by atoms with Gasteiger partial charge in [-0.15, -0.1) is 0 Å². The van der Waals surface area contributed by atoms with Crippen molar-refractivity contribution in [1.82, 2.24) is 0 Å². The van der Waals surface area contributed by atoms with Gasteiger partial charge in [0.15, 0.2) is 5.71 Å². The van der Waals surface area contributed by atoms with Crippen molar-refractivity contribution in [2.24, 2.45) is 0 Å². The summed E-state index contributed by atoms with van der Waals surface area (Å²) in [6.45, 7) is 0. The first-order valence-electron chi connectivity index (χ1n) is 4.36. The Kier molecular flexibility index (Phi) is 4.00.